The SMILES string of the molecule is O=C(CCCOC(=O)c1cccc(I)c1)Oc1ccc(S(=O)(=O)[O-])cc1. The Hall–Kier alpha value is -1.98. The van der Waals surface area contributed by atoms with Crippen LogP contribution in [0.5, 0.6) is 5.75 Å². The number of halogens is 1. The average molecular weight is 489 g/mol. The van der Waals surface area contributed by atoms with Crippen LogP contribution < -0.4 is 4.74 Å². The largest absolute Gasteiger partial charge is 0.744 e. The van der Waals surface area contributed by atoms with Gasteiger partial charge in [0, 0.05) is 9.99 Å². The smallest absolute Gasteiger partial charge is 0.338 e. The van der Waals surface area contributed by atoms with Crippen molar-refractivity contribution in [2.75, 3.05) is 6.61 Å². The fourth-order valence-corrected chi connectivity index (χ4v) is 2.95. The first-order valence-electron chi connectivity index (χ1n) is 7.45. The minimum absolute atomic E-state index is 0.0151. The van der Waals surface area contributed by atoms with Crippen LogP contribution in [0.1, 0.15) is 23.2 Å². The fraction of sp³-hybridized carbons (Fsp3) is 0.176. The van der Waals surface area contributed by atoms with Crippen molar-refractivity contribution in [3.05, 3.63) is 57.7 Å². The molecule has 9 heteroatoms. The second-order valence-corrected chi connectivity index (χ2v) is 7.77. The summed E-state index contributed by atoms with van der Waals surface area (Å²) < 4.78 is 43.4. The van der Waals surface area contributed by atoms with Crippen LogP contribution in [0.15, 0.2) is 53.4 Å². The zero-order valence-electron chi connectivity index (χ0n) is 13.4. The molecule has 0 unspecified atom stereocenters. The fourth-order valence-electron chi connectivity index (χ4n) is 1.94. The van der Waals surface area contributed by atoms with E-state index in [1.165, 1.54) is 12.1 Å². The van der Waals surface area contributed by atoms with Crippen LogP contribution >= 0.6 is 22.6 Å². The van der Waals surface area contributed by atoms with Gasteiger partial charge in [-0.2, -0.15) is 0 Å². The molecule has 26 heavy (non-hydrogen) atoms. The molecule has 0 N–H and O–H groups in total. The first kappa shape index (κ1) is 20.3. The van der Waals surface area contributed by atoms with Gasteiger partial charge in [0.2, 0.25) is 0 Å². The van der Waals surface area contributed by atoms with Crippen molar-refractivity contribution in [3.8, 4) is 5.75 Å². The van der Waals surface area contributed by atoms with E-state index in [0.29, 0.717) is 5.56 Å². The summed E-state index contributed by atoms with van der Waals surface area (Å²) in [5.74, 6) is -0.905. The standard InChI is InChI=1S/C17H15IO7S/c18-13-4-1-3-12(11-13)17(20)24-10-2-5-16(19)25-14-6-8-15(9-7-14)26(21,22)23/h1,3-4,6-9,11H,2,5,10H2,(H,21,22,23)/p-1. The van der Waals surface area contributed by atoms with Gasteiger partial charge in [-0.25, -0.2) is 13.2 Å². The normalized spacial score (nSPS) is 11.0. The van der Waals surface area contributed by atoms with Crippen molar-refractivity contribution in [2.24, 2.45) is 0 Å². The number of rotatable bonds is 7. The van der Waals surface area contributed by atoms with Gasteiger partial charge in [0.1, 0.15) is 15.9 Å². The third-order valence-corrected chi connectivity index (χ3v) is 4.68. The number of hydrogen-bond donors (Lipinski definition) is 0. The van der Waals surface area contributed by atoms with E-state index in [2.05, 4.69) is 22.6 Å². The van der Waals surface area contributed by atoms with Crippen LogP contribution in [0.3, 0.4) is 0 Å². The van der Waals surface area contributed by atoms with E-state index < -0.39 is 27.0 Å². The van der Waals surface area contributed by atoms with E-state index in [-0.39, 0.29) is 25.2 Å². The Morgan fingerprint density at radius 1 is 1.08 bits per heavy atom. The number of esters is 2. The molecule has 0 aliphatic carbocycles. The van der Waals surface area contributed by atoms with Crippen LogP contribution in [0.4, 0.5) is 0 Å². The molecular weight excluding hydrogens is 475 g/mol. The van der Waals surface area contributed by atoms with Crippen molar-refractivity contribution in [3.63, 3.8) is 0 Å². The molecule has 0 aromatic heterocycles. The van der Waals surface area contributed by atoms with E-state index in [1.54, 1.807) is 18.2 Å². The Labute approximate surface area is 164 Å². The highest BCUT2D eigenvalue weighted by atomic mass is 127. The zero-order chi connectivity index (χ0) is 19.2. The molecule has 138 valence electrons. The van der Waals surface area contributed by atoms with Crippen molar-refractivity contribution in [2.45, 2.75) is 17.7 Å². The second-order valence-electron chi connectivity index (χ2n) is 5.15. The van der Waals surface area contributed by atoms with Gasteiger partial charge in [-0.1, -0.05) is 6.07 Å². The van der Waals surface area contributed by atoms with Crippen LogP contribution in [-0.2, 0) is 19.6 Å². The lowest BCUT2D eigenvalue weighted by Crippen LogP contribution is -2.11. The highest BCUT2D eigenvalue weighted by Gasteiger charge is 2.09. The third kappa shape index (κ3) is 6.39. The average Bonchev–Trinajstić information content (AvgIpc) is 2.58. The molecule has 0 atom stereocenters. The molecule has 0 aliphatic heterocycles. The van der Waals surface area contributed by atoms with Crippen molar-refractivity contribution in [1.82, 2.24) is 0 Å². The summed E-state index contributed by atoms with van der Waals surface area (Å²) in [5.41, 5.74) is 0.438. The molecule has 0 amide bonds. The quantitative estimate of drug-likeness (QED) is 0.193. The van der Waals surface area contributed by atoms with E-state index in [9.17, 15) is 22.6 Å². The summed E-state index contributed by atoms with van der Waals surface area (Å²) in [7, 11) is -4.54. The van der Waals surface area contributed by atoms with Gasteiger partial charge in [-0.3, -0.25) is 4.79 Å². The highest BCUT2D eigenvalue weighted by molar-refractivity contribution is 14.1. The molecule has 7 nitrogen and oxygen atoms in total. The Morgan fingerprint density at radius 3 is 2.38 bits per heavy atom. The van der Waals surface area contributed by atoms with Gasteiger partial charge in [-0.05, 0) is 71.5 Å². The van der Waals surface area contributed by atoms with Crippen molar-refractivity contribution in [1.29, 1.82) is 0 Å². The summed E-state index contributed by atoms with van der Waals surface area (Å²) >= 11 is 2.09. The lowest BCUT2D eigenvalue weighted by Gasteiger charge is -2.08. The molecule has 2 aromatic carbocycles. The van der Waals surface area contributed by atoms with Crippen LogP contribution in [-0.4, -0.2) is 31.5 Å². The Kier molecular flexibility index (Phi) is 7.12. The van der Waals surface area contributed by atoms with Gasteiger partial charge >= 0.3 is 11.9 Å². The number of carbonyl (C=O) groups is 2. The summed E-state index contributed by atoms with van der Waals surface area (Å²) in [4.78, 5) is 23.1. The molecular formula is C17H14IO7S-. The van der Waals surface area contributed by atoms with Gasteiger partial charge in [0.25, 0.3) is 0 Å². The summed E-state index contributed by atoms with van der Waals surface area (Å²) in [6.45, 7) is 0.0623. The molecule has 0 heterocycles. The number of benzene rings is 2. The minimum atomic E-state index is -4.54. The van der Waals surface area contributed by atoms with E-state index in [0.717, 1.165) is 15.7 Å². The Balaban J connectivity index is 1.74. The first-order chi connectivity index (χ1) is 12.3. The van der Waals surface area contributed by atoms with Crippen LogP contribution in [0, 0.1) is 3.57 Å². The maximum Gasteiger partial charge on any atom is 0.338 e. The lowest BCUT2D eigenvalue weighted by atomic mass is 10.2. The van der Waals surface area contributed by atoms with E-state index in [1.807, 2.05) is 6.07 Å². The number of ether oxygens (including phenoxy) is 2. The molecule has 2 rings (SSSR count). The van der Waals surface area contributed by atoms with Crippen molar-refractivity contribution >= 4 is 44.6 Å². The van der Waals surface area contributed by atoms with Gasteiger partial charge in [-0.15, -0.1) is 0 Å². The minimum Gasteiger partial charge on any atom is -0.744 e. The maximum atomic E-state index is 11.8. The molecule has 0 fully saturated rings. The molecule has 2 aromatic rings. The van der Waals surface area contributed by atoms with Crippen LogP contribution in [0.2, 0.25) is 0 Å². The first-order valence-corrected chi connectivity index (χ1v) is 9.94. The zero-order valence-corrected chi connectivity index (χ0v) is 16.4. The van der Waals surface area contributed by atoms with Gasteiger partial charge in [0.15, 0.2) is 0 Å². The number of hydrogen-bond acceptors (Lipinski definition) is 7. The molecule has 0 saturated heterocycles. The highest BCUT2D eigenvalue weighted by Crippen LogP contribution is 2.16. The molecule has 0 spiro atoms. The van der Waals surface area contributed by atoms with Gasteiger partial charge < -0.3 is 14.0 Å². The monoisotopic (exact) mass is 489 g/mol. The Morgan fingerprint density at radius 2 is 1.77 bits per heavy atom. The summed E-state index contributed by atoms with van der Waals surface area (Å²) in [5, 5.41) is 0. The summed E-state index contributed by atoms with van der Waals surface area (Å²) in [6, 6.07) is 11.5. The lowest BCUT2D eigenvalue weighted by molar-refractivity contribution is -0.134. The second kappa shape index (κ2) is 9.10. The molecule has 0 bridgehead atoms. The van der Waals surface area contributed by atoms with Crippen LogP contribution in [0.25, 0.3) is 0 Å². The maximum absolute atomic E-state index is 11.8. The number of carbonyl (C=O) groups excluding carboxylic acids is 2. The summed E-state index contributed by atoms with van der Waals surface area (Å²) in [6.07, 6.45) is 0.294. The Bertz CT molecular complexity index is 892. The topological polar surface area (TPSA) is 110 Å². The molecule has 0 aliphatic rings. The third-order valence-electron chi connectivity index (χ3n) is 3.16. The van der Waals surface area contributed by atoms with Gasteiger partial charge in [0.05, 0.1) is 17.1 Å². The van der Waals surface area contributed by atoms with E-state index in [4.69, 9.17) is 9.47 Å². The molecule has 0 saturated carbocycles. The van der Waals surface area contributed by atoms with E-state index >= 15 is 0 Å². The molecule has 0 radical (unpaired) electrons. The van der Waals surface area contributed by atoms with Crippen molar-refractivity contribution < 1.29 is 32.0 Å². The predicted molar refractivity (Wildman–Crippen MR) is 98.7 cm³/mol. The predicted octanol–water partition coefficient (Wildman–Crippen LogP) is 2.74.